The minimum absolute atomic E-state index is 0.186. The van der Waals surface area contributed by atoms with Gasteiger partial charge in [0.05, 0.1) is 11.5 Å². The Bertz CT molecular complexity index is 497. The summed E-state index contributed by atoms with van der Waals surface area (Å²) in [6.45, 7) is 1.97. The van der Waals surface area contributed by atoms with Crippen LogP contribution in [-0.2, 0) is 9.84 Å². The summed E-state index contributed by atoms with van der Waals surface area (Å²) in [5.74, 6) is 0.623. The summed E-state index contributed by atoms with van der Waals surface area (Å²) >= 11 is 1.64. The molecule has 1 aliphatic rings. The van der Waals surface area contributed by atoms with E-state index in [0.29, 0.717) is 11.5 Å². The second kappa shape index (κ2) is 4.30. The maximum atomic E-state index is 11.3. The molecule has 1 fully saturated rings. The monoisotopic (exact) mass is 257 g/mol. The Hall–Kier alpha value is -0.680. The maximum absolute atomic E-state index is 11.3. The van der Waals surface area contributed by atoms with Crippen LogP contribution in [0.3, 0.4) is 0 Å². The van der Waals surface area contributed by atoms with Crippen molar-refractivity contribution in [3.8, 4) is 0 Å². The van der Waals surface area contributed by atoms with E-state index in [2.05, 4.69) is 0 Å². The molecule has 0 aromatic heterocycles. The van der Waals surface area contributed by atoms with Crippen molar-refractivity contribution < 1.29 is 8.42 Å². The summed E-state index contributed by atoms with van der Waals surface area (Å²) in [6, 6.07) is 5.78. The Labute approximate surface area is 100 Å². The largest absolute Gasteiger partial charge is 0.398 e. The molecule has 2 rings (SSSR count). The van der Waals surface area contributed by atoms with Crippen LogP contribution < -0.4 is 5.73 Å². The van der Waals surface area contributed by atoms with Crippen LogP contribution in [0.1, 0.15) is 12.0 Å². The highest BCUT2D eigenvalue weighted by Gasteiger charge is 2.28. The number of hydrogen-bond donors (Lipinski definition) is 1. The van der Waals surface area contributed by atoms with Crippen molar-refractivity contribution in [2.75, 3.05) is 17.2 Å². The van der Waals surface area contributed by atoms with Crippen molar-refractivity contribution in [2.45, 2.75) is 23.5 Å². The van der Waals surface area contributed by atoms with Crippen molar-refractivity contribution >= 4 is 27.3 Å². The smallest absolute Gasteiger partial charge is 0.151 e. The highest BCUT2D eigenvalue weighted by Crippen LogP contribution is 2.34. The van der Waals surface area contributed by atoms with Crippen LogP contribution in [0.25, 0.3) is 0 Å². The van der Waals surface area contributed by atoms with Gasteiger partial charge in [-0.05, 0) is 31.0 Å². The van der Waals surface area contributed by atoms with Gasteiger partial charge in [0.15, 0.2) is 9.84 Å². The van der Waals surface area contributed by atoms with Gasteiger partial charge in [0.25, 0.3) is 0 Å². The van der Waals surface area contributed by atoms with Crippen LogP contribution in [0.2, 0.25) is 0 Å². The zero-order chi connectivity index (χ0) is 11.8. The van der Waals surface area contributed by atoms with Crippen LogP contribution in [-0.4, -0.2) is 25.2 Å². The average Bonchev–Trinajstić information content (AvgIpc) is 2.53. The number of hydrogen-bond acceptors (Lipinski definition) is 4. The molecule has 3 nitrogen and oxygen atoms in total. The van der Waals surface area contributed by atoms with Crippen molar-refractivity contribution in [2.24, 2.45) is 0 Å². The molecule has 0 bridgehead atoms. The molecule has 2 N–H and O–H groups in total. The molecule has 1 aromatic carbocycles. The van der Waals surface area contributed by atoms with Gasteiger partial charge in [0.1, 0.15) is 0 Å². The minimum atomic E-state index is -2.79. The number of anilines is 1. The molecule has 0 radical (unpaired) electrons. The summed E-state index contributed by atoms with van der Waals surface area (Å²) in [7, 11) is -2.79. The summed E-state index contributed by atoms with van der Waals surface area (Å²) in [5.41, 5.74) is 7.64. The van der Waals surface area contributed by atoms with Gasteiger partial charge in [-0.15, -0.1) is 11.8 Å². The highest BCUT2D eigenvalue weighted by molar-refractivity contribution is 8.01. The molecule has 0 spiro atoms. The first-order chi connectivity index (χ1) is 7.48. The van der Waals surface area contributed by atoms with Gasteiger partial charge in [-0.25, -0.2) is 8.42 Å². The molecular weight excluding hydrogens is 242 g/mol. The molecule has 1 saturated heterocycles. The molecule has 0 aliphatic carbocycles. The number of nitrogen functional groups attached to an aromatic ring is 1. The third kappa shape index (κ3) is 2.52. The van der Waals surface area contributed by atoms with E-state index in [4.69, 9.17) is 5.73 Å². The Balaban J connectivity index is 2.14. The van der Waals surface area contributed by atoms with Crippen LogP contribution >= 0.6 is 11.8 Å². The predicted molar refractivity (Wildman–Crippen MR) is 68.5 cm³/mol. The van der Waals surface area contributed by atoms with Crippen LogP contribution in [0.4, 0.5) is 5.69 Å². The normalized spacial score (nSPS) is 23.4. The van der Waals surface area contributed by atoms with E-state index in [0.717, 1.165) is 22.6 Å². The SMILES string of the molecule is Cc1c(N)cccc1SC1CCS(=O)(=O)C1. The number of rotatable bonds is 2. The molecule has 0 saturated carbocycles. The molecule has 0 amide bonds. The molecule has 1 aromatic rings. The van der Waals surface area contributed by atoms with Crippen molar-refractivity contribution in [3.63, 3.8) is 0 Å². The van der Waals surface area contributed by atoms with Crippen molar-refractivity contribution in [1.29, 1.82) is 0 Å². The van der Waals surface area contributed by atoms with Gasteiger partial charge in [0, 0.05) is 15.8 Å². The number of nitrogens with two attached hydrogens (primary N) is 1. The van der Waals surface area contributed by atoms with E-state index in [1.165, 1.54) is 0 Å². The molecule has 1 heterocycles. The van der Waals surface area contributed by atoms with Crippen LogP contribution in [0.5, 0.6) is 0 Å². The Kier molecular flexibility index (Phi) is 3.17. The lowest BCUT2D eigenvalue weighted by molar-refractivity contribution is 0.602. The van der Waals surface area contributed by atoms with Gasteiger partial charge < -0.3 is 5.73 Å². The van der Waals surface area contributed by atoms with E-state index >= 15 is 0 Å². The second-order valence-corrected chi connectivity index (χ2v) is 7.68. The topological polar surface area (TPSA) is 60.2 Å². The van der Waals surface area contributed by atoms with E-state index in [1.807, 2.05) is 25.1 Å². The predicted octanol–water partition coefficient (Wildman–Crippen LogP) is 1.86. The van der Waals surface area contributed by atoms with E-state index < -0.39 is 9.84 Å². The zero-order valence-electron chi connectivity index (χ0n) is 9.14. The molecule has 1 atom stereocenters. The molecule has 5 heteroatoms. The third-order valence-electron chi connectivity index (χ3n) is 2.81. The third-order valence-corrected chi connectivity index (χ3v) is 6.22. The number of benzene rings is 1. The first kappa shape index (κ1) is 11.8. The van der Waals surface area contributed by atoms with Gasteiger partial charge in [-0.1, -0.05) is 6.07 Å². The fourth-order valence-corrected chi connectivity index (χ4v) is 5.43. The lowest BCUT2D eigenvalue weighted by atomic mass is 10.2. The van der Waals surface area contributed by atoms with Gasteiger partial charge >= 0.3 is 0 Å². The number of thioether (sulfide) groups is 1. The Morgan fingerprint density at radius 3 is 2.81 bits per heavy atom. The summed E-state index contributed by atoms with van der Waals surface area (Å²) in [4.78, 5) is 1.10. The lowest BCUT2D eigenvalue weighted by Crippen LogP contribution is -2.06. The molecule has 1 aliphatic heterocycles. The highest BCUT2D eigenvalue weighted by atomic mass is 32.2. The summed E-state index contributed by atoms with van der Waals surface area (Å²) < 4.78 is 22.7. The van der Waals surface area contributed by atoms with E-state index in [-0.39, 0.29) is 5.25 Å². The van der Waals surface area contributed by atoms with E-state index in [9.17, 15) is 8.42 Å². The van der Waals surface area contributed by atoms with Gasteiger partial charge in [-0.3, -0.25) is 0 Å². The van der Waals surface area contributed by atoms with E-state index in [1.54, 1.807) is 11.8 Å². The van der Waals surface area contributed by atoms with Crippen LogP contribution in [0.15, 0.2) is 23.1 Å². The van der Waals surface area contributed by atoms with Gasteiger partial charge in [0.2, 0.25) is 0 Å². The molecule has 1 unspecified atom stereocenters. The maximum Gasteiger partial charge on any atom is 0.151 e. The first-order valence-electron chi connectivity index (χ1n) is 5.20. The quantitative estimate of drug-likeness (QED) is 0.822. The van der Waals surface area contributed by atoms with Gasteiger partial charge in [-0.2, -0.15) is 0 Å². The molecule has 88 valence electrons. The second-order valence-electron chi connectivity index (χ2n) is 4.11. The minimum Gasteiger partial charge on any atom is -0.398 e. The first-order valence-corrected chi connectivity index (χ1v) is 7.90. The summed E-state index contributed by atoms with van der Waals surface area (Å²) in [6.07, 6.45) is 0.751. The fourth-order valence-electron chi connectivity index (χ4n) is 1.79. The Morgan fingerprint density at radius 2 is 2.19 bits per heavy atom. The van der Waals surface area contributed by atoms with Crippen molar-refractivity contribution in [3.05, 3.63) is 23.8 Å². The fraction of sp³-hybridized carbons (Fsp3) is 0.455. The lowest BCUT2D eigenvalue weighted by Gasteiger charge is -2.11. The zero-order valence-corrected chi connectivity index (χ0v) is 10.8. The number of sulfone groups is 1. The molecule has 16 heavy (non-hydrogen) atoms. The Morgan fingerprint density at radius 1 is 1.44 bits per heavy atom. The molecular formula is C11H15NO2S2. The summed E-state index contributed by atoms with van der Waals surface area (Å²) in [5, 5.41) is 0.186. The standard InChI is InChI=1S/C11H15NO2S2/c1-8-10(12)3-2-4-11(8)15-9-5-6-16(13,14)7-9/h2-4,9H,5-7,12H2,1H3. The average molecular weight is 257 g/mol. The van der Waals surface area contributed by atoms with Crippen LogP contribution in [0, 0.1) is 6.92 Å². The van der Waals surface area contributed by atoms with Crippen molar-refractivity contribution in [1.82, 2.24) is 0 Å².